The second kappa shape index (κ2) is 9.20. The first-order valence-corrected chi connectivity index (χ1v) is 11.3. The smallest absolute Gasteiger partial charge is 0.255 e. The van der Waals surface area contributed by atoms with Gasteiger partial charge in [-0.2, -0.15) is 0 Å². The fourth-order valence-corrected chi connectivity index (χ4v) is 4.85. The number of likely N-dealkylation sites (N-methyl/N-ethyl adjacent to an activating group) is 1. The van der Waals surface area contributed by atoms with Crippen molar-refractivity contribution >= 4 is 35.0 Å². The number of hydrogen-bond acceptors (Lipinski definition) is 4. The number of para-hydroxylation sites is 1. The van der Waals surface area contributed by atoms with Gasteiger partial charge in [0.1, 0.15) is 12.1 Å². The highest BCUT2D eigenvalue weighted by Crippen LogP contribution is 2.39. The maximum absolute atomic E-state index is 13.6. The van der Waals surface area contributed by atoms with Gasteiger partial charge >= 0.3 is 0 Å². The van der Waals surface area contributed by atoms with E-state index >= 15 is 0 Å². The van der Waals surface area contributed by atoms with Gasteiger partial charge in [-0.15, -0.1) is 0 Å². The Morgan fingerprint density at radius 1 is 1.03 bits per heavy atom. The van der Waals surface area contributed by atoms with Crippen LogP contribution in [0.1, 0.15) is 30.1 Å². The van der Waals surface area contributed by atoms with Crippen LogP contribution in [0.4, 0.5) is 5.69 Å². The number of nitrogens with zero attached hydrogens (tertiary/aromatic N) is 3. The lowest BCUT2D eigenvalue weighted by molar-refractivity contribution is -0.137. The average molecular weight is 455 g/mol. The lowest BCUT2D eigenvalue weighted by Gasteiger charge is -2.43. The van der Waals surface area contributed by atoms with E-state index < -0.39 is 5.54 Å². The summed E-state index contributed by atoms with van der Waals surface area (Å²) >= 11 is 6.22. The van der Waals surface area contributed by atoms with Gasteiger partial charge in [0.15, 0.2) is 0 Å². The molecule has 8 heteroatoms. The van der Waals surface area contributed by atoms with Gasteiger partial charge in [-0.1, -0.05) is 41.9 Å². The van der Waals surface area contributed by atoms with Crippen LogP contribution in [0.15, 0.2) is 54.6 Å². The standard InChI is InChI=1S/C24H27ClN4O3/c1-2-26-21(30)16-28-17-29(18-8-4-3-5-9-18)24(23(28)32)12-14-27(15-13-24)22(31)19-10-6-7-11-20(19)25/h3-11H,2,12-17H2,1H3,(H,26,30). The summed E-state index contributed by atoms with van der Waals surface area (Å²) in [6.45, 7) is 3.63. The number of carbonyl (C=O) groups excluding carboxylic acids is 3. The average Bonchev–Trinajstić information content (AvgIpc) is 3.06. The molecule has 2 aliphatic heterocycles. The van der Waals surface area contributed by atoms with Gasteiger partial charge in [0, 0.05) is 25.3 Å². The molecule has 0 radical (unpaired) electrons. The number of benzene rings is 2. The van der Waals surface area contributed by atoms with Crippen molar-refractivity contribution in [1.29, 1.82) is 0 Å². The van der Waals surface area contributed by atoms with E-state index in [1.165, 1.54) is 0 Å². The summed E-state index contributed by atoms with van der Waals surface area (Å²) in [7, 11) is 0. The third-order valence-electron chi connectivity index (χ3n) is 6.27. The Hall–Kier alpha value is -3.06. The Morgan fingerprint density at radius 3 is 2.34 bits per heavy atom. The second-order valence-corrected chi connectivity index (χ2v) is 8.57. The van der Waals surface area contributed by atoms with Crippen LogP contribution in [-0.4, -0.2) is 65.9 Å². The number of anilines is 1. The molecule has 0 bridgehead atoms. The molecule has 168 valence electrons. The largest absolute Gasteiger partial charge is 0.355 e. The van der Waals surface area contributed by atoms with Crippen molar-refractivity contribution in [3.8, 4) is 0 Å². The molecule has 0 atom stereocenters. The predicted octanol–water partition coefficient (Wildman–Crippen LogP) is 2.76. The molecule has 3 amide bonds. The molecule has 1 spiro atoms. The van der Waals surface area contributed by atoms with Crippen molar-refractivity contribution in [2.24, 2.45) is 0 Å². The molecule has 0 aromatic heterocycles. The van der Waals surface area contributed by atoms with Crippen LogP contribution >= 0.6 is 11.6 Å². The second-order valence-electron chi connectivity index (χ2n) is 8.17. The fourth-order valence-electron chi connectivity index (χ4n) is 4.63. The molecular weight excluding hydrogens is 428 g/mol. The van der Waals surface area contributed by atoms with E-state index in [1.807, 2.05) is 37.3 Å². The van der Waals surface area contributed by atoms with E-state index in [9.17, 15) is 14.4 Å². The predicted molar refractivity (Wildman–Crippen MR) is 124 cm³/mol. The third kappa shape index (κ3) is 4.05. The monoisotopic (exact) mass is 454 g/mol. The van der Waals surface area contributed by atoms with E-state index in [-0.39, 0.29) is 24.3 Å². The van der Waals surface area contributed by atoms with Crippen molar-refractivity contribution in [3.63, 3.8) is 0 Å². The van der Waals surface area contributed by atoms with Crippen LogP contribution in [0, 0.1) is 0 Å². The van der Waals surface area contributed by atoms with Crippen LogP contribution in [-0.2, 0) is 9.59 Å². The highest BCUT2D eigenvalue weighted by molar-refractivity contribution is 6.33. The van der Waals surface area contributed by atoms with E-state index in [0.29, 0.717) is 49.7 Å². The van der Waals surface area contributed by atoms with Gasteiger partial charge in [-0.05, 0) is 44.0 Å². The van der Waals surface area contributed by atoms with Gasteiger partial charge in [-0.3, -0.25) is 14.4 Å². The van der Waals surface area contributed by atoms with Crippen LogP contribution in [0.25, 0.3) is 0 Å². The third-order valence-corrected chi connectivity index (χ3v) is 6.60. The molecule has 2 fully saturated rings. The van der Waals surface area contributed by atoms with Crippen molar-refractivity contribution in [2.45, 2.75) is 25.3 Å². The van der Waals surface area contributed by atoms with Gasteiger partial charge in [0.2, 0.25) is 5.91 Å². The quantitative estimate of drug-likeness (QED) is 0.754. The van der Waals surface area contributed by atoms with Crippen LogP contribution in [0.3, 0.4) is 0 Å². The minimum Gasteiger partial charge on any atom is -0.355 e. The maximum Gasteiger partial charge on any atom is 0.255 e. The molecule has 0 unspecified atom stereocenters. The Morgan fingerprint density at radius 2 is 1.69 bits per heavy atom. The molecule has 0 saturated carbocycles. The lowest BCUT2D eigenvalue weighted by Crippen LogP contribution is -2.57. The Balaban J connectivity index is 1.57. The molecule has 2 aromatic carbocycles. The molecule has 4 rings (SSSR count). The summed E-state index contributed by atoms with van der Waals surface area (Å²) in [4.78, 5) is 44.3. The number of likely N-dealkylation sites (tertiary alicyclic amines) is 1. The van der Waals surface area contributed by atoms with E-state index in [1.54, 1.807) is 34.1 Å². The summed E-state index contributed by atoms with van der Waals surface area (Å²) in [6.07, 6.45) is 0.978. The minimum absolute atomic E-state index is 0.0278. The van der Waals surface area contributed by atoms with Crippen LogP contribution in [0.2, 0.25) is 5.02 Å². The van der Waals surface area contributed by atoms with Crippen LogP contribution in [0.5, 0.6) is 0 Å². The molecule has 2 aromatic rings. The van der Waals surface area contributed by atoms with Gasteiger partial charge in [0.25, 0.3) is 11.8 Å². The summed E-state index contributed by atoms with van der Waals surface area (Å²) < 4.78 is 0. The van der Waals surface area contributed by atoms with Gasteiger partial charge < -0.3 is 20.0 Å². The molecule has 0 aliphatic carbocycles. The first kappa shape index (κ1) is 22.1. The molecule has 7 nitrogen and oxygen atoms in total. The zero-order chi connectivity index (χ0) is 22.7. The number of piperidine rings is 1. The molecule has 2 aliphatic rings. The van der Waals surface area contributed by atoms with Crippen molar-refractivity contribution < 1.29 is 14.4 Å². The Labute approximate surface area is 192 Å². The number of halogens is 1. The highest BCUT2D eigenvalue weighted by Gasteiger charge is 2.54. The molecule has 32 heavy (non-hydrogen) atoms. The highest BCUT2D eigenvalue weighted by atomic mass is 35.5. The molecule has 1 N–H and O–H groups in total. The summed E-state index contributed by atoms with van der Waals surface area (Å²) in [6, 6.07) is 16.8. The van der Waals surface area contributed by atoms with E-state index in [4.69, 9.17) is 11.6 Å². The van der Waals surface area contributed by atoms with Gasteiger partial charge in [0.05, 0.1) is 17.3 Å². The summed E-state index contributed by atoms with van der Waals surface area (Å²) in [5.41, 5.74) is 0.635. The van der Waals surface area contributed by atoms with E-state index in [0.717, 1.165) is 5.69 Å². The fraction of sp³-hybridized carbons (Fsp3) is 0.375. The van der Waals surface area contributed by atoms with Gasteiger partial charge in [-0.25, -0.2) is 0 Å². The number of amides is 3. The number of hydrogen-bond donors (Lipinski definition) is 1. The van der Waals surface area contributed by atoms with Crippen molar-refractivity contribution in [3.05, 3.63) is 65.2 Å². The summed E-state index contributed by atoms with van der Waals surface area (Å²) in [5, 5.41) is 3.19. The summed E-state index contributed by atoms with van der Waals surface area (Å²) in [5.74, 6) is -0.351. The normalized spacial score (nSPS) is 17.7. The number of nitrogens with one attached hydrogen (secondary N) is 1. The number of rotatable bonds is 5. The Bertz CT molecular complexity index is 1010. The van der Waals surface area contributed by atoms with Crippen molar-refractivity contribution in [2.75, 3.05) is 37.7 Å². The lowest BCUT2D eigenvalue weighted by atomic mass is 9.85. The Kier molecular flexibility index (Phi) is 6.37. The van der Waals surface area contributed by atoms with E-state index in [2.05, 4.69) is 10.2 Å². The maximum atomic E-state index is 13.6. The molecule has 2 saturated heterocycles. The first-order valence-electron chi connectivity index (χ1n) is 10.9. The number of carbonyl (C=O) groups is 3. The topological polar surface area (TPSA) is 73.0 Å². The SMILES string of the molecule is CCNC(=O)CN1CN(c2ccccc2)C2(CCN(C(=O)c3ccccc3Cl)CC2)C1=O. The zero-order valence-corrected chi connectivity index (χ0v) is 18.8. The minimum atomic E-state index is -0.773. The molecule has 2 heterocycles. The van der Waals surface area contributed by atoms with Crippen molar-refractivity contribution in [1.82, 2.24) is 15.1 Å². The zero-order valence-electron chi connectivity index (χ0n) is 18.1. The first-order chi connectivity index (χ1) is 15.5. The molecular formula is C24H27ClN4O3. The van der Waals surface area contributed by atoms with Crippen LogP contribution < -0.4 is 10.2 Å².